The summed E-state index contributed by atoms with van der Waals surface area (Å²) in [7, 11) is 0. The first-order chi connectivity index (χ1) is 10.2. The lowest BCUT2D eigenvalue weighted by atomic mass is 10.1. The molecule has 0 aromatic heterocycles. The molecule has 0 radical (unpaired) electrons. The van der Waals surface area contributed by atoms with Crippen molar-refractivity contribution in [1.29, 1.82) is 0 Å². The van der Waals surface area contributed by atoms with Gasteiger partial charge in [-0.15, -0.1) is 0 Å². The Morgan fingerprint density at radius 1 is 1.19 bits per heavy atom. The van der Waals surface area contributed by atoms with E-state index in [1.165, 1.54) is 0 Å². The zero-order valence-electron chi connectivity index (χ0n) is 12.2. The van der Waals surface area contributed by atoms with Gasteiger partial charge in [0.1, 0.15) is 6.61 Å². The predicted octanol–water partition coefficient (Wildman–Crippen LogP) is 1.32. The van der Waals surface area contributed by atoms with Crippen LogP contribution in [-0.4, -0.2) is 30.3 Å². The average Bonchev–Trinajstić information content (AvgIpc) is 2.51. The van der Waals surface area contributed by atoms with Crippen LogP contribution >= 0.6 is 0 Å². The summed E-state index contributed by atoms with van der Waals surface area (Å²) >= 11 is 0. The number of amides is 2. The van der Waals surface area contributed by atoms with E-state index in [0.29, 0.717) is 19.7 Å². The van der Waals surface area contributed by atoms with E-state index in [9.17, 15) is 9.59 Å². The summed E-state index contributed by atoms with van der Waals surface area (Å²) in [4.78, 5) is 22.4. The van der Waals surface area contributed by atoms with Crippen LogP contribution in [-0.2, 0) is 22.6 Å². The van der Waals surface area contributed by atoms with Crippen molar-refractivity contribution >= 4 is 12.0 Å². The fraction of sp³-hybridized carbons (Fsp3) is 0.467. The van der Waals surface area contributed by atoms with Gasteiger partial charge in [0.05, 0.1) is 6.61 Å². The smallest absolute Gasteiger partial charge is 0.407 e. The van der Waals surface area contributed by atoms with Gasteiger partial charge < -0.3 is 20.5 Å². The van der Waals surface area contributed by atoms with Gasteiger partial charge >= 0.3 is 6.09 Å². The number of aliphatic hydroxyl groups excluding tert-OH is 1. The van der Waals surface area contributed by atoms with Crippen molar-refractivity contribution in [2.24, 2.45) is 0 Å². The van der Waals surface area contributed by atoms with Gasteiger partial charge in [-0.3, -0.25) is 4.79 Å². The molecule has 0 spiro atoms. The van der Waals surface area contributed by atoms with E-state index < -0.39 is 18.6 Å². The number of carbonyl (C=O) groups is 2. The van der Waals surface area contributed by atoms with Crippen molar-refractivity contribution in [1.82, 2.24) is 10.6 Å². The summed E-state index contributed by atoms with van der Waals surface area (Å²) in [6.07, 6.45) is 1.41. The Labute approximate surface area is 124 Å². The Bertz CT molecular complexity index is 463. The number of nitrogens with one attached hydrogen (secondary N) is 2. The number of rotatable bonds is 8. The van der Waals surface area contributed by atoms with Crippen molar-refractivity contribution in [3.05, 3.63) is 35.4 Å². The minimum absolute atomic E-state index is 0.341. The molecule has 0 saturated carbocycles. The van der Waals surface area contributed by atoms with E-state index in [1.807, 2.05) is 31.2 Å². The molecule has 6 heteroatoms. The van der Waals surface area contributed by atoms with Crippen LogP contribution in [0.1, 0.15) is 30.9 Å². The molecule has 1 rings (SSSR count). The number of alkyl carbamates (subject to hydrolysis) is 1. The Kier molecular flexibility index (Phi) is 7.89. The van der Waals surface area contributed by atoms with Crippen molar-refractivity contribution < 1.29 is 19.4 Å². The van der Waals surface area contributed by atoms with Crippen LogP contribution < -0.4 is 10.6 Å². The molecule has 0 atom stereocenters. The second kappa shape index (κ2) is 9.77. The van der Waals surface area contributed by atoms with Crippen LogP contribution in [0.5, 0.6) is 0 Å². The Morgan fingerprint density at radius 2 is 1.86 bits per heavy atom. The summed E-state index contributed by atoms with van der Waals surface area (Å²) in [6.45, 7) is 2.64. The molecule has 3 N–H and O–H groups in total. The molecule has 0 aliphatic heterocycles. The van der Waals surface area contributed by atoms with Crippen molar-refractivity contribution in [3.8, 4) is 0 Å². The molecule has 21 heavy (non-hydrogen) atoms. The normalized spacial score (nSPS) is 10.0. The molecule has 0 saturated heterocycles. The zero-order chi connectivity index (χ0) is 15.5. The second-order valence-corrected chi connectivity index (χ2v) is 4.60. The third-order valence-corrected chi connectivity index (χ3v) is 2.79. The highest BCUT2D eigenvalue weighted by Crippen LogP contribution is 2.05. The number of hydrogen-bond acceptors (Lipinski definition) is 4. The lowest BCUT2D eigenvalue weighted by molar-refractivity contribution is -0.123. The van der Waals surface area contributed by atoms with Gasteiger partial charge in [0, 0.05) is 13.1 Å². The zero-order valence-corrected chi connectivity index (χ0v) is 12.2. The molecule has 6 nitrogen and oxygen atoms in total. The lowest BCUT2D eigenvalue weighted by Gasteiger charge is -2.08. The molecule has 0 unspecified atom stereocenters. The standard InChI is InChI=1S/C15H22N2O4/c1-2-3-7-21-15(20)17-10-13-6-4-5-12(8-13)9-16-14(19)11-18/h4-6,8,18H,2-3,7,9-11H2,1H3,(H,16,19)(H,17,20). The SMILES string of the molecule is CCCCOC(=O)NCc1cccc(CNC(=O)CO)c1. The van der Waals surface area contributed by atoms with E-state index in [0.717, 1.165) is 24.0 Å². The summed E-state index contributed by atoms with van der Waals surface area (Å²) in [6, 6.07) is 7.47. The van der Waals surface area contributed by atoms with Gasteiger partial charge in [-0.2, -0.15) is 0 Å². The first kappa shape index (κ1) is 17.0. The third kappa shape index (κ3) is 7.31. The highest BCUT2D eigenvalue weighted by molar-refractivity contribution is 5.76. The fourth-order valence-electron chi connectivity index (χ4n) is 1.64. The van der Waals surface area contributed by atoms with E-state index in [-0.39, 0.29) is 0 Å². The van der Waals surface area contributed by atoms with Crippen molar-refractivity contribution in [3.63, 3.8) is 0 Å². The molecular weight excluding hydrogens is 272 g/mol. The summed E-state index contributed by atoms with van der Waals surface area (Å²) in [5.74, 6) is -0.418. The minimum Gasteiger partial charge on any atom is -0.450 e. The molecule has 0 bridgehead atoms. The van der Waals surface area contributed by atoms with Crippen LogP contribution in [0, 0.1) is 0 Å². The number of carbonyl (C=O) groups excluding carboxylic acids is 2. The van der Waals surface area contributed by atoms with E-state index in [2.05, 4.69) is 10.6 Å². The molecule has 0 heterocycles. The van der Waals surface area contributed by atoms with Crippen molar-refractivity contribution in [2.75, 3.05) is 13.2 Å². The van der Waals surface area contributed by atoms with Crippen LogP contribution in [0.25, 0.3) is 0 Å². The second-order valence-electron chi connectivity index (χ2n) is 4.60. The van der Waals surface area contributed by atoms with Gasteiger partial charge in [-0.1, -0.05) is 37.6 Å². The molecular formula is C15H22N2O4. The minimum atomic E-state index is -0.523. The summed E-state index contributed by atoms with van der Waals surface area (Å²) in [5.41, 5.74) is 1.81. The average molecular weight is 294 g/mol. The van der Waals surface area contributed by atoms with Gasteiger partial charge in [0.15, 0.2) is 0 Å². The summed E-state index contributed by atoms with van der Waals surface area (Å²) in [5, 5.41) is 13.9. The van der Waals surface area contributed by atoms with Gasteiger partial charge in [-0.25, -0.2) is 4.79 Å². The maximum absolute atomic E-state index is 11.4. The largest absolute Gasteiger partial charge is 0.450 e. The number of aliphatic hydroxyl groups is 1. The van der Waals surface area contributed by atoms with Crippen molar-refractivity contribution in [2.45, 2.75) is 32.9 Å². The quantitative estimate of drug-likeness (QED) is 0.631. The van der Waals surface area contributed by atoms with Gasteiger partial charge in [0.25, 0.3) is 0 Å². The Balaban J connectivity index is 2.38. The molecule has 0 aliphatic rings. The monoisotopic (exact) mass is 294 g/mol. The number of unbranched alkanes of at least 4 members (excludes halogenated alkanes) is 1. The van der Waals surface area contributed by atoms with Crippen LogP contribution in [0.2, 0.25) is 0 Å². The molecule has 116 valence electrons. The summed E-state index contributed by atoms with van der Waals surface area (Å²) < 4.78 is 4.99. The molecule has 1 aromatic rings. The highest BCUT2D eigenvalue weighted by atomic mass is 16.5. The van der Waals surface area contributed by atoms with E-state index in [4.69, 9.17) is 9.84 Å². The molecule has 0 fully saturated rings. The van der Waals surface area contributed by atoms with Crippen LogP contribution in [0.4, 0.5) is 4.79 Å². The fourth-order valence-corrected chi connectivity index (χ4v) is 1.64. The number of hydrogen-bond donors (Lipinski definition) is 3. The first-order valence-electron chi connectivity index (χ1n) is 7.01. The first-order valence-corrected chi connectivity index (χ1v) is 7.01. The molecule has 0 aliphatic carbocycles. The number of ether oxygens (including phenoxy) is 1. The highest BCUT2D eigenvalue weighted by Gasteiger charge is 2.03. The Morgan fingerprint density at radius 3 is 2.48 bits per heavy atom. The molecule has 1 aromatic carbocycles. The molecule has 2 amide bonds. The maximum atomic E-state index is 11.4. The van der Waals surface area contributed by atoms with Gasteiger partial charge in [-0.05, 0) is 17.5 Å². The van der Waals surface area contributed by atoms with Crippen LogP contribution in [0.15, 0.2) is 24.3 Å². The number of benzene rings is 1. The topological polar surface area (TPSA) is 87.7 Å². The predicted molar refractivity (Wildman–Crippen MR) is 78.5 cm³/mol. The van der Waals surface area contributed by atoms with Gasteiger partial charge in [0.2, 0.25) is 5.91 Å². The lowest BCUT2D eigenvalue weighted by Crippen LogP contribution is -2.26. The van der Waals surface area contributed by atoms with Crippen LogP contribution in [0.3, 0.4) is 0 Å². The third-order valence-electron chi connectivity index (χ3n) is 2.79. The van der Waals surface area contributed by atoms with E-state index in [1.54, 1.807) is 0 Å². The van der Waals surface area contributed by atoms with E-state index >= 15 is 0 Å². The maximum Gasteiger partial charge on any atom is 0.407 e. The Hall–Kier alpha value is -2.08.